The standard InChI is InChI=1S/C10H18B2OS/c1-9(2,14)10(3)5-4-7(13-12)6-8(10)11/h7-8,14H,4-6H2,1-3H3. The van der Waals surface area contributed by atoms with E-state index in [4.69, 9.17) is 20.5 Å². The minimum Gasteiger partial charge on any atom is -0.445 e. The highest BCUT2D eigenvalue weighted by atomic mass is 32.1. The highest BCUT2D eigenvalue weighted by Gasteiger charge is 2.45. The molecule has 4 radical (unpaired) electrons. The predicted molar refractivity (Wildman–Crippen MR) is 65.2 cm³/mol. The van der Waals surface area contributed by atoms with Gasteiger partial charge < -0.3 is 4.65 Å². The Hall–Kier alpha value is 0.440. The van der Waals surface area contributed by atoms with Crippen LogP contribution in [-0.4, -0.2) is 26.7 Å². The molecule has 3 unspecified atom stereocenters. The molecule has 1 rings (SSSR count). The first-order valence-corrected chi connectivity index (χ1v) is 5.59. The molecule has 0 saturated heterocycles. The molecular formula is C10H18B2OS. The van der Waals surface area contributed by atoms with Crippen LogP contribution in [0.25, 0.3) is 0 Å². The highest BCUT2D eigenvalue weighted by Crippen LogP contribution is 2.53. The zero-order chi connectivity index (χ0) is 11.0. The smallest absolute Gasteiger partial charge is 0.283 e. The van der Waals surface area contributed by atoms with Crippen molar-refractivity contribution in [2.75, 3.05) is 0 Å². The van der Waals surface area contributed by atoms with Crippen LogP contribution in [0.3, 0.4) is 0 Å². The van der Waals surface area contributed by atoms with Crippen LogP contribution in [0.5, 0.6) is 0 Å². The van der Waals surface area contributed by atoms with Gasteiger partial charge in [-0.15, -0.1) is 0 Å². The second-order valence-electron chi connectivity index (χ2n) is 5.12. The second-order valence-corrected chi connectivity index (χ2v) is 6.23. The summed E-state index contributed by atoms with van der Waals surface area (Å²) >= 11 is 4.65. The summed E-state index contributed by atoms with van der Waals surface area (Å²) in [6.45, 7) is 6.45. The van der Waals surface area contributed by atoms with Crippen LogP contribution in [0.15, 0.2) is 0 Å². The molecule has 1 nitrogen and oxygen atoms in total. The summed E-state index contributed by atoms with van der Waals surface area (Å²) in [5, 5.41) is 0. The number of hydrogen-bond donors (Lipinski definition) is 1. The number of thiol groups is 1. The fourth-order valence-corrected chi connectivity index (χ4v) is 2.47. The second kappa shape index (κ2) is 4.13. The van der Waals surface area contributed by atoms with Crippen LogP contribution in [-0.2, 0) is 4.65 Å². The molecule has 0 N–H and O–H groups in total. The molecule has 1 fully saturated rings. The van der Waals surface area contributed by atoms with E-state index in [-0.39, 0.29) is 22.1 Å². The van der Waals surface area contributed by atoms with Gasteiger partial charge in [0.2, 0.25) is 0 Å². The molecule has 4 heteroatoms. The Morgan fingerprint density at radius 3 is 2.43 bits per heavy atom. The predicted octanol–water partition coefficient (Wildman–Crippen LogP) is 2.31. The molecule has 0 aromatic carbocycles. The van der Waals surface area contributed by atoms with Crippen LogP contribution in [0.1, 0.15) is 40.0 Å². The van der Waals surface area contributed by atoms with Gasteiger partial charge >= 0.3 is 0 Å². The van der Waals surface area contributed by atoms with Crippen LogP contribution in [0.2, 0.25) is 5.82 Å². The van der Waals surface area contributed by atoms with Gasteiger partial charge in [-0.05, 0) is 24.7 Å². The van der Waals surface area contributed by atoms with Crippen molar-refractivity contribution in [2.24, 2.45) is 5.41 Å². The molecule has 1 aliphatic carbocycles. The fourth-order valence-electron chi connectivity index (χ4n) is 2.19. The molecule has 3 atom stereocenters. The minimum absolute atomic E-state index is 0.0607. The van der Waals surface area contributed by atoms with Crippen molar-refractivity contribution >= 4 is 28.5 Å². The van der Waals surface area contributed by atoms with Gasteiger partial charge in [-0.3, -0.25) is 0 Å². The van der Waals surface area contributed by atoms with Gasteiger partial charge in [0.25, 0.3) is 8.05 Å². The largest absolute Gasteiger partial charge is 0.445 e. The Morgan fingerprint density at radius 1 is 1.50 bits per heavy atom. The van der Waals surface area contributed by atoms with Crippen molar-refractivity contribution < 1.29 is 4.65 Å². The Morgan fingerprint density at radius 2 is 2.07 bits per heavy atom. The Balaban J connectivity index is 2.74. The van der Waals surface area contributed by atoms with Gasteiger partial charge in [0, 0.05) is 10.9 Å². The average Bonchev–Trinajstić information content (AvgIpc) is 2.08. The molecule has 0 aliphatic heterocycles. The molecule has 1 aliphatic rings. The lowest BCUT2D eigenvalue weighted by Crippen LogP contribution is -2.45. The third-order valence-electron chi connectivity index (χ3n) is 3.91. The zero-order valence-electron chi connectivity index (χ0n) is 9.29. The van der Waals surface area contributed by atoms with Crippen molar-refractivity contribution in [3.05, 3.63) is 0 Å². The molecule has 14 heavy (non-hydrogen) atoms. The minimum atomic E-state index is -0.0635. The first kappa shape index (κ1) is 12.5. The SMILES string of the molecule is [B]OC1CCC(C)(C(C)(C)S)C([B])C1. The van der Waals surface area contributed by atoms with Crippen LogP contribution < -0.4 is 0 Å². The topological polar surface area (TPSA) is 9.23 Å². The van der Waals surface area contributed by atoms with Gasteiger partial charge in [-0.1, -0.05) is 26.6 Å². The third-order valence-corrected chi connectivity index (χ3v) is 4.42. The summed E-state index contributed by atoms with van der Waals surface area (Å²) < 4.78 is 4.80. The van der Waals surface area contributed by atoms with E-state index in [9.17, 15) is 0 Å². The average molecular weight is 208 g/mol. The summed E-state index contributed by atoms with van der Waals surface area (Å²) in [5.74, 6) is 0.109. The first-order chi connectivity index (χ1) is 6.31. The van der Waals surface area contributed by atoms with E-state index in [2.05, 4.69) is 33.4 Å². The maximum atomic E-state index is 6.18. The van der Waals surface area contributed by atoms with Crippen molar-refractivity contribution in [2.45, 2.75) is 56.7 Å². The van der Waals surface area contributed by atoms with Crippen LogP contribution >= 0.6 is 12.6 Å². The lowest BCUT2D eigenvalue weighted by atomic mass is 9.54. The fraction of sp³-hybridized carbons (Fsp3) is 1.00. The lowest BCUT2D eigenvalue weighted by Gasteiger charge is -2.51. The van der Waals surface area contributed by atoms with E-state index in [0.29, 0.717) is 0 Å². The molecule has 0 amide bonds. The lowest BCUT2D eigenvalue weighted by molar-refractivity contribution is 0.0787. The van der Waals surface area contributed by atoms with Gasteiger partial charge in [0.1, 0.15) is 0 Å². The van der Waals surface area contributed by atoms with Gasteiger partial charge in [0.05, 0.1) is 7.85 Å². The van der Waals surface area contributed by atoms with E-state index < -0.39 is 0 Å². The molecule has 0 aromatic heterocycles. The summed E-state index contributed by atoms with van der Waals surface area (Å²) in [6, 6.07) is 0. The molecule has 1 saturated carbocycles. The van der Waals surface area contributed by atoms with E-state index in [0.717, 1.165) is 19.3 Å². The Bertz CT molecular complexity index is 205. The van der Waals surface area contributed by atoms with Crippen molar-refractivity contribution in [1.29, 1.82) is 0 Å². The summed E-state index contributed by atoms with van der Waals surface area (Å²) in [6.07, 6.45) is 2.95. The molecular weight excluding hydrogens is 190 g/mol. The van der Waals surface area contributed by atoms with E-state index in [1.807, 2.05) is 0 Å². The molecule has 0 bridgehead atoms. The maximum absolute atomic E-state index is 6.18. The van der Waals surface area contributed by atoms with Crippen molar-refractivity contribution in [3.8, 4) is 0 Å². The van der Waals surface area contributed by atoms with E-state index in [1.54, 1.807) is 0 Å². The first-order valence-electron chi connectivity index (χ1n) is 5.15. The normalized spacial score (nSPS) is 39.7. The molecule has 0 heterocycles. The Kier molecular flexibility index (Phi) is 3.69. The summed E-state index contributed by atoms with van der Waals surface area (Å²) in [4.78, 5) is 0. The summed E-state index contributed by atoms with van der Waals surface area (Å²) in [5.41, 5.74) is 0.0607. The molecule has 0 spiro atoms. The quantitative estimate of drug-likeness (QED) is 0.541. The number of hydrogen-bond acceptors (Lipinski definition) is 2. The van der Waals surface area contributed by atoms with Gasteiger partial charge in [-0.25, -0.2) is 0 Å². The third kappa shape index (κ3) is 2.16. The Labute approximate surface area is 95.6 Å². The van der Waals surface area contributed by atoms with Gasteiger partial charge in [-0.2, -0.15) is 12.6 Å². The summed E-state index contributed by atoms with van der Waals surface area (Å²) in [7, 11) is 11.4. The van der Waals surface area contributed by atoms with Crippen LogP contribution in [0, 0.1) is 5.41 Å². The molecule has 76 valence electrons. The van der Waals surface area contributed by atoms with Crippen molar-refractivity contribution in [3.63, 3.8) is 0 Å². The number of rotatable bonds is 2. The van der Waals surface area contributed by atoms with Crippen LogP contribution in [0.4, 0.5) is 0 Å². The van der Waals surface area contributed by atoms with Gasteiger partial charge in [0.15, 0.2) is 0 Å². The monoisotopic (exact) mass is 208 g/mol. The molecule has 0 aromatic rings. The van der Waals surface area contributed by atoms with E-state index in [1.165, 1.54) is 0 Å². The zero-order valence-corrected chi connectivity index (χ0v) is 10.2. The maximum Gasteiger partial charge on any atom is 0.283 e. The van der Waals surface area contributed by atoms with E-state index >= 15 is 0 Å². The highest BCUT2D eigenvalue weighted by molar-refractivity contribution is 7.81. The van der Waals surface area contributed by atoms with Crippen molar-refractivity contribution in [1.82, 2.24) is 0 Å².